The van der Waals surface area contributed by atoms with E-state index in [2.05, 4.69) is 6.92 Å². The van der Waals surface area contributed by atoms with E-state index in [0.717, 1.165) is 24.5 Å². The molecule has 0 heterocycles. The first kappa shape index (κ1) is 19.1. The molecule has 1 saturated carbocycles. The summed E-state index contributed by atoms with van der Waals surface area (Å²) in [4.78, 5) is 0. The number of rotatable bonds is 3. The lowest BCUT2D eigenvalue weighted by Crippen LogP contribution is -2.10. The van der Waals surface area contributed by atoms with Gasteiger partial charge in [0.15, 0.2) is 0 Å². The molecule has 0 saturated heterocycles. The molecule has 0 radical (unpaired) electrons. The highest BCUT2D eigenvalue weighted by molar-refractivity contribution is 7.91. The summed E-state index contributed by atoms with van der Waals surface area (Å²) in [5.74, 6) is 0.0601. The van der Waals surface area contributed by atoms with Crippen molar-refractivity contribution in [2.24, 2.45) is 5.92 Å². The SMILES string of the molecule is CC(C)S(C)(=O)=O.CCC1CCCC1c1cc(F)cc(F)c1. The molecule has 2 nitrogen and oxygen atoms in total. The number of halogens is 2. The normalized spacial score (nSPS) is 21.6. The second-order valence-corrected chi connectivity index (χ2v) is 8.89. The van der Waals surface area contributed by atoms with Gasteiger partial charge in [-0.15, -0.1) is 0 Å². The minimum Gasteiger partial charge on any atom is -0.229 e. The van der Waals surface area contributed by atoms with Crippen molar-refractivity contribution in [3.63, 3.8) is 0 Å². The third-order valence-corrected chi connectivity index (χ3v) is 6.07. The molecule has 22 heavy (non-hydrogen) atoms. The van der Waals surface area contributed by atoms with Crippen LogP contribution in [0.3, 0.4) is 0 Å². The number of hydrogen-bond donors (Lipinski definition) is 0. The topological polar surface area (TPSA) is 34.1 Å². The van der Waals surface area contributed by atoms with Crippen molar-refractivity contribution in [3.05, 3.63) is 35.4 Å². The highest BCUT2D eigenvalue weighted by atomic mass is 32.2. The first-order valence-electron chi connectivity index (χ1n) is 7.80. The van der Waals surface area contributed by atoms with Gasteiger partial charge in [-0.25, -0.2) is 17.2 Å². The third-order valence-electron chi connectivity index (χ3n) is 4.35. The van der Waals surface area contributed by atoms with Crippen LogP contribution in [0.2, 0.25) is 0 Å². The highest BCUT2D eigenvalue weighted by Gasteiger charge is 2.27. The molecule has 126 valence electrons. The van der Waals surface area contributed by atoms with Crippen LogP contribution in [0, 0.1) is 17.6 Å². The van der Waals surface area contributed by atoms with Crippen molar-refractivity contribution in [2.75, 3.05) is 6.26 Å². The molecule has 0 aliphatic heterocycles. The highest BCUT2D eigenvalue weighted by Crippen LogP contribution is 2.41. The van der Waals surface area contributed by atoms with Crippen LogP contribution in [0.25, 0.3) is 0 Å². The molecule has 2 rings (SSSR count). The molecular weight excluding hydrogens is 306 g/mol. The van der Waals surface area contributed by atoms with Crippen LogP contribution in [0.4, 0.5) is 8.78 Å². The monoisotopic (exact) mass is 332 g/mol. The van der Waals surface area contributed by atoms with Gasteiger partial charge < -0.3 is 0 Å². The predicted molar refractivity (Wildman–Crippen MR) is 86.7 cm³/mol. The van der Waals surface area contributed by atoms with Crippen LogP contribution in [-0.2, 0) is 9.84 Å². The van der Waals surface area contributed by atoms with Gasteiger partial charge in [-0.05, 0) is 56.2 Å². The molecular formula is C17H26F2O2S. The van der Waals surface area contributed by atoms with Crippen molar-refractivity contribution in [1.82, 2.24) is 0 Å². The maximum Gasteiger partial charge on any atom is 0.149 e. The summed E-state index contributed by atoms with van der Waals surface area (Å²) in [5.41, 5.74) is 0.844. The fourth-order valence-electron chi connectivity index (χ4n) is 2.75. The average molecular weight is 332 g/mol. The van der Waals surface area contributed by atoms with Gasteiger partial charge in [0.05, 0.1) is 5.25 Å². The first-order valence-corrected chi connectivity index (χ1v) is 9.75. The lowest BCUT2D eigenvalue weighted by Gasteiger charge is -2.18. The summed E-state index contributed by atoms with van der Waals surface area (Å²) in [5, 5.41) is -0.229. The van der Waals surface area contributed by atoms with E-state index < -0.39 is 21.5 Å². The van der Waals surface area contributed by atoms with E-state index in [9.17, 15) is 17.2 Å². The van der Waals surface area contributed by atoms with Gasteiger partial charge in [0.1, 0.15) is 21.5 Å². The maximum atomic E-state index is 13.1. The second kappa shape index (κ2) is 8.04. The smallest absolute Gasteiger partial charge is 0.149 e. The Hall–Kier alpha value is -0.970. The standard InChI is InChI=1S/C13H16F2.C4H10O2S/c1-2-9-4-3-5-13(9)10-6-11(14)8-12(15)7-10;1-4(2)7(3,5)6/h6-9,13H,2-5H2,1H3;4H,1-3H3. The number of sulfone groups is 1. The Morgan fingerprint density at radius 3 is 2.05 bits per heavy atom. The van der Waals surface area contributed by atoms with Crippen LogP contribution in [0.5, 0.6) is 0 Å². The Bertz CT molecular complexity index is 562. The Balaban J connectivity index is 0.000000295. The second-order valence-electron chi connectivity index (χ2n) is 6.29. The molecule has 2 atom stereocenters. The van der Waals surface area contributed by atoms with Crippen molar-refractivity contribution < 1.29 is 17.2 Å². The Labute approximate surface area is 132 Å². The van der Waals surface area contributed by atoms with Gasteiger partial charge in [-0.2, -0.15) is 0 Å². The molecule has 1 aromatic rings. The molecule has 1 aliphatic carbocycles. The summed E-state index contributed by atoms with van der Waals surface area (Å²) in [6.45, 7) is 5.48. The summed E-state index contributed by atoms with van der Waals surface area (Å²) in [7, 11) is -2.74. The molecule has 0 aromatic heterocycles. The van der Waals surface area contributed by atoms with Crippen molar-refractivity contribution in [2.45, 2.75) is 57.6 Å². The molecule has 0 bridgehead atoms. The zero-order chi connectivity index (χ0) is 16.9. The van der Waals surface area contributed by atoms with Gasteiger partial charge in [0.2, 0.25) is 0 Å². The molecule has 1 fully saturated rings. The fourth-order valence-corrected chi connectivity index (χ4v) is 2.75. The van der Waals surface area contributed by atoms with E-state index in [-0.39, 0.29) is 5.25 Å². The summed E-state index contributed by atoms with van der Waals surface area (Å²) in [6.07, 6.45) is 5.78. The van der Waals surface area contributed by atoms with Gasteiger partial charge in [-0.1, -0.05) is 19.8 Å². The Morgan fingerprint density at radius 1 is 1.14 bits per heavy atom. The fraction of sp³-hybridized carbons (Fsp3) is 0.647. The number of benzene rings is 1. The largest absolute Gasteiger partial charge is 0.229 e. The predicted octanol–water partition coefficient (Wildman–Crippen LogP) is 4.70. The van der Waals surface area contributed by atoms with E-state index in [4.69, 9.17) is 0 Å². The summed E-state index contributed by atoms with van der Waals surface area (Å²) < 4.78 is 46.8. The Kier molecular flexibility index (Phi) is 6.98. The quantitative estimate of drug-likeness (QED) is 0.804. The molecule has 0 N–H and O–H groups in total. The molecule has 0 amide bonds. The minimum absolute atomic E-state index is 0.229. The van der Waals surface area contributed by atoms with E-state index in [1.54, 1.807) is 13.8 Å². The van der Waals surface area contributed by atoms with E-state index in [1.807, 2.05) is 0 Å². The van der Waals surface area contributed by atoms with Gasteiger partial charge in [-0.3, -0.25) is 0 Å². The lowest BCUT2D eigenvalue weighted by atomic mass is 9.87. The van der Waals surface area contributed by atoms with Crippen molar-refractivity contribution in [3.8, 4) is 0 Å². The van der Waals surface area contributed by atoms with Crippen LogP contribution in [0.1, 0.15) is 57.9 Å². The summed E-state index contributed by atoms with van der Waals surface area (Å²) in [6, 6.07) is 3.92. The van der Waals surface area contributed by atoms with E-state index in [0.29, 0.717) is 11.8 Å². The third kappa shape index (κ3) is 5.67. The van der Waals surface area contributed by atoms with Crippen LogP contribution < -0.4 is 0 Å². The van der Waals surface area contributed by atoms with Gasteiger partial charge in [0.25, 0.3) is 0 Å². The van der Waals surface area contributed by atoms with E-state index in [1.165, 1.54) is 31.2 Å². The van der Waals surface area contributed by atoms with Crippen LogP contribution in [0.15, 0.2) is 18.2 Å². The van der Waals surface area contributed by atoms with Gasteiger partial charge >= 0.3 is 0 Å². The van der Waals surface area contributed by atoms with Crippen LogP contribution in [-0.4, -0.2) is 19.9 Å². The maximum absolute atomic E-state index is 13.1. The van der Waals surface area contributed by atoms with E-state index >= 15 is 0 Å². The van der Waals surface area contributed by atoms with Crippen molar-refractivity contribution >= 4 is 9.84 Å². The summed E-state index contributed by atoms with van der Waals surface area (Å²) >= 11 is 0. The molecule has 2 unspecified atom stereocenters. The zero-order valence-electron chi connectivity index (χ0n) is 13.8. The minimum atomic E-state index is -2.74. The first-order chi connectivity index (χ1) is 10.1. The molecule has 5 heteroatoms. The Morgan fingerprint density at radius 2 is 1.64 bits per heavy atom. The molecule has 0 spiro atoms. The molecule has 1 aliphatic rings. The van der Waals surface area contributed by atoms with Gasteiger partial charge in [0, 0.05) is 12.3 Å². The van der Waals surface area contributed by atoms with Crippen molar-refractivity contribution in [1.29, 1.82) is 0 Å². The average Bonchev–Trinajstić information content (AvgIpc) is 2.85. The van der Waals surface area contributed by atoms with Crippen LogP contribution >= 0.6 is 0 Å². The number of hydrogen-bond acceptors (Lipinski definition) is 2. The molecule has 1 aromatic carbocycles. The zero-order valence-corrected chi connectivity index (χ0v) is 14.6. The lowest BCUT2D eigenvalue weighted by molar-refractivity contribution is 0.464.